The Bertz CT molecular complexity index is 188. The molecule has 0 fully saturated rings. The minimum Gasteiger partial charge on any atom is -0.463 e. The van der Waals surface area contributed by atoms with Crippen LogP contribution >= 0.6 is 0 Å². The molecule has 0 saturated carbocycles. The van der Waals surface area contributed by atoms with Gasteiger partial charge in [0.2, 0.25) is 0 Å². The number of hydrogen-bond donors (Lipinski definition) is 0. The molecule has 0 heterocycles. The van der Waals surface area contributed by atoms with Crippen molar-refractivity contribution >= 4 is 5.97 Å². The lowest BCUT2D eigenvalue weighted by Gasteiger charge is -2.22. The zero-order valence-electron chi connectivity index (χ0n) is 9.62. The number of carbonyl (C=O) groups is 1. The maximum absolute atomic E-state index is 11.0. The Morgan fingerprint density at radius 2 is 2.07 bits per heavy atom. The van der Waals surface area contributed by atoms with Gasteiger partial charge in [0.1, 0.15) is 0 Å². The van der Waals surface area contributed by atoms with Gasteiger partial charge in [-0.1, -0.05) is 13.0 Å². The number of likely N-dealkylation sites (N-methyl/N-ethyl adjacent to an activating group) is 1. The number of esters is 1. The van der Waals surface area contributed by atoms with Crippen molar-refractivity contribution in [3.63, 3.8) is 0 Å². The van der Waals surface area contributed by atoms with Crippen molar-refractivity contribution in [2.24, 2.45) is 0 Å². The monoisotopic (exact) mass is 199 g/mol. The van der Waals surface area contributed by atoms with Gasteiger partial charge in [-0.3, -0.25) is 4.90 Å². The molecule has 3 nitrogen and oxygen atoms in total. The molecule has 82 valence electrons. The number of rotatable bonds is 6. The minimum absolute atomic E-state index is 0.257. The van der Waals surface area contributed by atoms with Crippen molar-refractivity contribution in [3.8, 4) is 0 Å². The quantitative estimate of drug-likeness (QED) is 0.483. The Balaban J connectivity index is 3.84. The maximum atomic E-state index is 11.0. The fourth-order valence-corrected chi connectivity index (χ4v) is 1.18. The first-order chi connectivity index (χ1) is 6.61. The fourth-order valence-electron chi connectivity index (χ4n) is 1.18. The minimum atomic E-state index is -0.257. The van der Waals surface area contributed by atoms with E-state index in [1.807, 2.05) is 6.08 Å². The highest BCUT2D eigenvalue weighted by atomic mass is 16.5. The molecule has 0 aromatic heterocycles. The van der Waals surface area contributed by atoms with Crippen LogP contribution in [0, 0.1) is 0 Å². The Morgan fingerprint density at radius 1 is 1.43 bits per heavy atom. The summed E-state index contributed by atoms with van der Waals surface area (Å²) in [6, 6.07) is 0.506. The van der Waals surface area contributed by atoms with Gasteiger partial charge >= 0.3 is 5.97 Å². The molecule has 0 aliphatic carbocycles. The molecule has 0 N–H and O–H groups in total. The van der Waals surface area contributed by atoms with Crippen molar-refractivity contribution in [2.75, 3.05) is 19.7 Å². The van der Waals surface area contributed by atoms with Crippen LogP contribution in [0.5, 0.6) is 0 Å². The lowest BCUT2D eigenvalue weighted by Crippen LogP contribution is -2.30. The average Bonchev–Trinajstić information content (AvgIpc) is 2.12. The molecule has 0 radical (unpaired) electrons. The van der Waals surface area contributed by atoms with Crippen molar-refractivity contribution in [2.45, 2.75) is 33.7 Å². The molecule has 0 aromatic rings. The third-order valence-corrected chi connectivity index (χ3v) is 2.02. The first kappa shape index (κ1) is 13.2. The van der Waals surface area contributed by atoms with Gasteiger partial charge in [0, 0.05) is 18.7 Å². The summed E-state index contributed by atoms with van der Waals surface area (Å²) in [6.45, 7) is 10.4. The van der Waals surface area contributed by atoms with Crippen LogP contribution in [0.2, 0.25) is 0 Å². The topological polar surface area (TPSA) is 29.5 Å². The van der Waals surface area contributed by atoms with Gasteiger partial charge < -0.3 is 4.74 Å². The van der Waals surface area contributed by atoms with E-state index >= 15 is 0 Å². The molecular formula is C11H21NO2. The molecular weight excluding hydrogens is 178 g/mol. The molecule has 0 atom stereocenters. The van der Waals surface area contributed by atoms with Gasteiger partial charge in [-0.15, -0.1) is 0 Å². The van der Waals surface area contributed by atoms with Crippen LogP contribution in [0.25, 0.3) is 0 Å². The highest BCUT2D eigenvalue weighted by Crippen LogP contribution is 1.97. The summed E-state index contributed by atoms with van der Waals surface area (Å²) in [4.78, 5) is 13.2. The van der Waals surface area contributed by atoms with Crippen LogP contribution in [0.3, 0.4) is 0 Å². The SMILES string of the molecule is CCOC(=O)/C=C/CN(CC)C(C)C. The van der Waals surface area contributed by atoms with E-state index in [-0.39, 0.29) is 5.97 Å². The van der Waals surface area contributed by atoms with E-state index in [9.17, 15) is 4.79 Å². The van der Waals surface area contributed by atoms with Gasteiger partial charge in [-0.25, -0.2) is 4.79 Å². The molecule has 0 amide bonds. The van der Waals surface area contributed by atoms with E-state index < -0.39 is 0 Å². The van der Waals surface area contributed by atoms with E-state index in [0.29, 0.717) is 12.6 Å². The van der Waals surface area contributed by atoms with Crippen LogP contribution in [-0.2, 0) is 9.53 Å². The van der Waals surface area contributed by atoms with Gasteiger partial charge in [-0.05, 0) is 27.3 Å². The van der Waals surface area contributed by atoms with Gasteiger partial charge in [0.25, 0.3) is 0 Å². The maximum Gasteiger partial charge on any atom is 0.330 e. The van der Waals surface area contributed by atoms with Crippen molar-refractivity contribution in [1.82, 2.24) is 4.90 Å². The molecule has 0 aliphatic rings. The number of ether oxygens (including phenoxy) is 1. The smallest absolute Gasteiger partial charge is 0.330 e. The fraction of sp³-hybridized carbons (Fsp3) is 0.727. The molecule has 0 saturated heterocycles. The van der Waals surface area contributed by atoms with Crippen molar-refractivity contribution < 1.29 is 9.53 Å². The zero-order chi connectivity index (χ0) is 11.0. The summed E-state index contributed by atoms with van der Waals surface area (Å²) in [7, 11) is 0. The largest absolute Gasteiger partial charge is 0.463 e. The second kappa shape index (κ2) is 7.56. The molecule has 0 unspecified atom stereocenters. The number of carbonyl (C=O) groups excluding carboxylic acids is 1. The van der Waals surface area contributed by atoms with E-state index in [4.69, 9.17) is 4.74 Å². The molecule has 0 bridgehead atoms. The Labute approximate surface area is 86.7 Å². The Kier molecular flexibility index (Phi) is 7.11. The summed E-state index contributed by atoms with van der Waals surface area (Å²) < 4.78 is 4.77. The van der Waals surface area contributed by atoms with Crippen LogP contribution < -0.4 is 0 Å². The summed E-state index contributed by atoms with van der Waals surface area (Å²) in [5.41, 5.74) is 0. The number of hydrogen-bond acceptors (Lipinski definition) is 3. The molecule has 0 aromatic carbocycles. The second-order valence-electron chi connectivity index (χ2n) is 3.34. The Hall–Kier alpha value is -0.830. The van der Waals surface area contributed by atoms with E-state index in [0.717, 1.165) is 13.1 Å². The predicted molar refractivity (Wildman–Crippen MR) is 58.2 cm³/mol. The summed E-state index contributed by atoms with van der Waals surface area (Å²) in [5, 5.41) is 0. The van der Waals surface area contributed by atoms with Gasteiger partial charge in [0.15, 0.2) is 0 Å². The first-order valence-corrected chi connectivity index (χ1v) is 5.19. The molecule has 14 heavy (non-hydrogen) atoms. The summed E-state index contributed by atoms with van der Waals surface area (Å²) >= 11 is 0. The molecule has 0 spiro atoms. The van der Waals surface area contributed by atoms with Crippen LogP contribution in [0.15, 0.2) is 12.2 Å². The standard InChI is InChI=1S/C11H21NO2/c1-5-12(10(3)4)9-7-8-11(13)14-6-2/h7-8,10H,5-6,9H2,1-4H3/b8-7+. The Morgan fingerprint density at radius 3 is 2.50 bits per heavy atom. The lowest BCUT2D eigenvalue weighted by atomic mass is 10.3. The van der Waals surface area contributed by atoms with Gasteiger partial charge in [0.05, 0.1) is 6.61 Å². The third kappa shape index (κ3) is 5.75. The third-order valence-electron chi connectivity index (χ3n) is 2.02. The zero-order valence-corrected chi connectivity index (χ0v) is 9.62. The van der Waals surface area contributed by atoms with Gasteiger partial charge in [-0.2, -0.15) is 0 Å². The normalized spacial score (nSPS) is 11.6. The second-order valence-corrected chi connectivity index (χ2v) is 3.34. The molecule has 0 aliphatic heterocycles. The predicted octanol–water partition coefficient (Wildman–Crippen LogP) is 1.84. The van der Waals surface area contributed by atoms with Crippen LogP contribution in [0.4, 0.5) is 0 Å². The van der Waals surface area contributed by atoms with E-state index in [1.165, 1.54) is 6.08 Å². The highest BCUT2D eigenvalue weighted by Gasteiger charge is 2.03. The van der Waals surface area contributed by atoms with Crippen molar-refractivity contribution in [3.05, 3.63) is 12.2 Å². The summed E-state index contributed by atoms with van der Waals surface area (Å²) in [6.07, 6.45) is 3.34. The average molecular weight is 199 g/mol. The number of nitrogens with zero attached hydrogens (tertiary/aromatic N) is 1. The summed E-state index contributed by atoms with van der Waals surface area (Å²) in [5.74, 6) is -0.257. The lowest BCUT2D eigenvalue weighted by molar-refractivity contribution is -0.137. The van der Waals surface area contributed by atoms with Crippen LogP contribution in [-0.4, -0.2) is 36.6 Å². The van der Waals surface area contributed by atoms with Crippen molar-refractivity contribution in [1.29, 1.82) is 0 Å². The highest BCUT2D eigenvalue weighted by molar-refractivity contribution is 5.81. The van der Waals surface area contributed by atoms with E-state index in [1.54, 1.807) is 6.92 Å². The molecule has 3 heteroatoms. The molecule has 0 rings (SSSR count). The van der Waals surface area contributed by atoms with E-state index in [2.05, 4.69) is 25.7 Å². The van der Waals surface area contributed by atoms with Crippen LogP contribution in [0.1, 0.15) is 27.7 Å². The first-order valence-electron chi connectivity index (χ1n) is 5.19.